The number of aliphatic hydroxyl groups is 1. The third kappa shape index (κ3) is 3.55. The molecular weight excluding hydrogens is 243 g/mol. The molecule has 2 nitrogen and oxygen atoms in total. The van der Waals surface area contributed by atoms with Crippen LogP contribution in [0.2, 0.25) is 0 Å². The molecule has 3 heteroatoms. The van der Waals surface area contributed by atoms with Gasteiger partial charge in [-0.1, -0.05) is 18.2 Å². The molecule has 19 heavy (non-hydrogen) atoms. The van der Waals surface area contributed by atoms with Gasteiger partial charge in [-0.15, -0.1) is 0 Å². The fourth-order valence-electron chi connectivity index (χ4n) is 1.85. The predicted molar refractivity (Wildman–Crippen MR) is 72.5 cm³/mol. The van der Waals surface area contributed by atoms with Crippen LogP contribution in [0.1, 0.15) is 29.7 Å². The van der Waals surface area contributed by atoms with Crippen LogP contribution in [0.3, 0.4) is 0 Å². The Morgan fingerprint density at radius 1 is 1.21 bits per heavy atom. The fraction of sp³-hybridized carbons (Fsp3) is 0.250. The van der Waals surface area contributed by atoms with Gasteiger partial charge in [0.25, 0.3) is 0 Å². The maximum Gasteiger partial charge on any atom is 0.123 e. The lowest BCUT2D eigenvalue weighted by molar-refractivity contribution is 0.198. The quantitative estimate of drug-likeness (QED) is 0.906. The Labute approximate surface area is 112 Å². The Morgan fingerprint density at radius 3 is 2.68 bits per heavy atom. The van der Waals surface area contributed by atoms with Crippen molar-refractivity contribution in [3.63, 3.8) is 0 Å². The van der Waals surface area contributed by atoms with E-state index in [2.05, 4.69) is 0 Å². The van der Waals surface area contributed by atoms with E-state index in [1.807, 2.05) is 31.2 Å². The summed E-state index contributed by atoms with van der Waals surface area (Å²) in [5.41, 5.74) is 2.63. The van der Waals surface area contributed by atoms with Crippen molar-refractivity contribution in [2.24, 2.45) is 0 Å². The SMILES string of the molecule is Cc1cc(F)ccc1COc1cccc([C@@H](C)O)c1. The number of benzene rings is 2. The van der Waals surface area contributed by atoms with E-state index in [1.54, 1.807) is 13.0 Å². The number of aryl methyl sites for hydroxylation is 1. The Hall–Kier alpha value is -1.87. The molecule has 0 saturated carbocycles. The van der Waals surface area contributed by atoms with Crippen molar-refractivity contribution in [3.8, 4) is 5.75 Å². The van der Waals surface area contributed by atoms with Crippen LogP contribution in [-0.4, -0.2) is 5.11 Å². The Balaban J connectivity index is 2.08. The zero-order chi connectivity index (χ0) is 13.8. The molecular formula is C16H17FO2. The average Bonchev–Trinajstić information content (AvgIpc) is 2.38. The summed E-state index contributed by atoms with van der Waals surface area (Å²) >= 11 is 0. The van der Waals surface area contributed by atoms with E-state index in [9.17, 15) is 9.50 Å². The number of hydrogen-bond donors (Lipinski definition) is 1. The van der Waals surface area contributed by atoms with Crippen molar-refractivity contribution in [2.45, 2.75) is 26.6 Å². The molecule has 100 valence electrons. The van der Waals surface area contributed by atoms with E-state index in [0.29, 0.717) is 12.4 Å². The molecule has 0 aliphatic carbocycles. The number of rotatable bonds is 4. The van der Waals surface area contributed by atoms with Crippen LogP contribution in [0.4, 0.5) is 4.39 Å². The molecule has 2 aromatic carbocycles. The smallest absolute Gasteiger partial charge is 0.123 e. The number of aliphatic hydroxyl groups excluding tert-OH is 1. The molecule has 0 aliphatic heterocycles. The minimum Gasteiger partial charge on any atom is -0.489 e. The first-order valence-corrected chi connectivity index (χ1v) is 6.22. The summed E-state index contributed by atoms with van der Waals surface area (Å²) in [7, 11) is 0. The Bertz CT molecular complexity index is 564. The van der Waals surface area contributed by atoms with E-state index >= 15 is 0 Å². The van der Waals surface area contributed by atoms with Crippen molar-refractivity contribution < 1.29 is 14.2 Å². The number of ether oxygens (including phenoxy) is 1. The van der Waals surface area contributed by atoms with Crippen molar-refractivity contribution in [2.75, 3.05) is 0 Å². The van der Waals surface area contributed by atoms with Gasteiger partial charge in [0.2, 0.25) is 0 Å². The molecule has 0 spiro atoms. The van der Waals surface area contributed by atoms with E-state index < -0.39 is 6.10 Å². The monoisotopic (exact) mass is 260 g/mol. The second-order valence-corrected chi connectivity index (χ2v) is 4.61. The molecule has 0 amide bonds. The lowest BCUT2D eigenvalue weighted by Crippen LogP contribution is -1.99. The first-order valence-electron chi connectivity index (χ1n) is 6.22. The highest BCUT2D eigenvalue weighted by Gasteiger charge is 2.04. The lowest BCUT2D eigenvalue weighted by atomic mass is 10.1. The maximum absolute atomic E-state index is 13.0. The number of halogens is 1. The lowest BCUT2D eigenvalue weighted by Gasteiger charge is -2.11. The van der Waals surface area contributed by atoms with Gasteiger partial charge in [0.1, 0.15) is 18.2 Å². The van der Waals surface area contributed by atoms with Crippen molar-refractivity contribution in [1.82, 2.24) is 0 Å². The molecule has 0 fully saturated rings. The highest BCUT2D eigenvalue weighted by molar-refractivity contribution is 5.31. The van der Waals surface area contributed by atoms with Gasteiger partial charge in [0, 0.05) is 0 Å². The molecule has 1 N–H and O–H groups in total. The molecule has 0 aromatic heterocycles. The Kier molecular flexibility index (Phi) is 4.17. The van der Waals surface area contributed by atoms with Gasteiger partial charge < -0.3 is 9.84 Å². The van der Waals surface area contributed by atoms with Gasteiger partial charge in [-0.2, -0.15) is 0 Å². The molecule has 2 aromatic rings. The second-order valence-electron chi connectivity index (χ2n) is 4.61. The molecule has 0 heterocycles. The van der Waals surface area contributed by atoms with Crippen molar-refractivity contribution in [1.29, 1.82) is 0 Å². The minimum atomic E-state index is -0.517. The average molecular weight is 260 g/mol. The van der Waals surface area contributed by atoms with Crippen LogP contribution in [0.15, 0.2) is 42.5 Å². The zero-order valence-electron chi connectivity index (χ0n) is 11.1. The predicted octanol–water partition coefficient (Wildman–Crippen LogP) is 3.77. The summed E-state index contributed by atoms with van der Waals surface area (Å²) in [5, 5.41) is 9.51. The molecule has 0 radical (unpaired) electrons. The van der Waals surface area contributed by atoms with Crippen LogP contribution < -0.4 is 4.74 Å². The summed E-state index contributed by atoms with van der Waals surface area (Å²) < 4.78 is 18.7. The summed E-state index contributed by atoms with van der Waals surface area (Å²) in [6, 6.07) is 12.0. The van der Waals surface area contributed by atoms with Gasteiger partial charge in [-0.05, 0) is 54.8 Å². The number of hydrogen-bond acceptors (Lipinski definition) is 2. The van der Waals surface area contributed by atoms with Gasteiger partial charge in [-0.3, -0.25) is 0 Å². The van der Waals surface area contributed by atoms with Crippen LogP contribution >= 0.6 is 0 Å². The van der Waals surface area contributed by atoms with Crippen LogP contribution in [-0.2, 0) is 6.61 Å². The normalized spacial score (nSPS) is 12.2. The summed E-state index contributed by atoms with van der Waals surface area (Å²) in [5.74, 6) is 0.458. The summed E-state index contributed by atoms with van der Waals surface area (Å²) in [6.45, 7) is 3.95. The third-order valence-corrected chi connectivity index (χ3v) is 3.04. The van der Waals surface area contributed by atoms with E-state index in [0.717, 1.165) is 16.7 Å². The minimum absolute atomic E-state index is 0.239. The first-order chi connectivity index (χ1) is 9.06. The maximum atomic E-state index is 13.0. The van der Waals surface area contributed by atoms with E-state index in [1.165, 1.54) is 12.1 Å². The van der Waals surface area contributed by atoms with Crippen LogP contribution in [0.5, 0.6) is 5.75 Å². The third-order valence-electron chi connectivity index (χ3n) is 3.04. The molecule has 0 saturated heterocycles. The van der Waals surface area contributed by atoms with Gasteiger partial charge in [-0.25, -0.2) is 4.39 Å². The standard InChI is InChI=1S/C16H17FO2/c1-11-8-15(17)7-6-14(11)10-19-16-5-3-4-13(9-16)12(2)18/h3-9,12,18H,10H2,1-2H3/t12-/m1/s1. The van der Waals surface area contributed by atoms with Gasteiger partial charge >= 0.3 is 0 Å². The Morgan fingerprint density at radius 2 is 2.00 bits per heavy atom. The second kappa shape index (κ2) is 5.85. The largest absolute Gasteiger partial charge is 0.489 e. The van der Waals surface area contributed by atoms with Crippen LogP contribution in [0.25, 0.3) is 0 Å². The highest BCUT2D eigenvalue weighted by Crippen LogP contribution is 2.20. The summed E-state index contributed by atoms with van der Waals surface area (Å²) in [6.07, 6.45) is -0.517. The van der Waals surface area contributed by atoms with Gasteiger partial charge in [0.15, 0.2) is 0 Å². The summed E-state index contributed by atoms with van der Waals surface area (Å²) in [4.78, 5) is 0. The fourth-order valence-corrected chi connectivity index (χ4v) is 1.85. The molecule has 0 unspecified atom stereocenters. The topological polar surface area (TPSA) is 29.5 Å². The van der Waals surface area contributed by atoms with Crippen molar-refractivity contribution in [3.05, 3.63) is 65.0 Å². The highest BCUT2D eigenvalue weighted by atomic mass is 19.1. The molecule has 0 bridgehead atoms. The van der Waals surface area contributed by atoms with E-state index in [-0.39, 0.29) is 5.82 Å². The van der Waals surface area contributed by atoms with Crippen molar-refractivity contribution >= 4 is 0 Å². The zero-order valence-corrected chi connectivity index (χ0v) is 11.1. The molecule has 2 rings (SSSR count). The first kappa shape index (κ1) is 13.6. The van der Waals surface area contributed by atoms with E-state index in [4.69, 9.17) is 4.74 Å². The molecule has 1 atom stereocenters. The van der Waals surface area contributed by atoms with Gasteiger partial charge in [0.05, 0.1) is 6.10 Å². The van der Waals surface area contributed by atoms with Crippen LogP contribution in [0, 0.1) is 12.7 Å². The molecule has 0 aliphatic rings.